The Kier molecular flexibility index (Phi) is 4.14. The Morgan fingerprint density at radius 2 is 2.10 bits per heavy atom. The number of anilines is 1. The maximum absolute atomic E-state index is 11.7. The number of carboxylic acid groups (broad SMARTS) is 1. The molecule has 1 aromatic rings. The van der Waals surface area contributed by atoms with E-state index in [9.17, 15) is 9.90 Å². The lowest BCUT2D eigenvalue weighted by Gasteiger charge is -2.35. The fourth-order valence-electron chi connectivity index (χ4n) is 2.66. The molecule has 0 unspecified atom stereocenters. The highest BCUT2D eigenvalue weighted by Gasteiger charge is 2.40. The van der Waals surface area contributed by atoms with E-state index >= 15 is 0 Å². The van der Waals surface area contributed by atoms with Gasteiger partial charge in [-0.05, 0) is 25.0 Å². The summed E-state index contributed by atoms with van der Waals surface area (Å²) in [6.45, 7) is 0. The van der Waals surface area contributed by atoms with Crippen molar-refractivity contribution in [2.24, 2.45) is 0 Å². The van der Waals surface area contributed by atoms with Gasteiger partial charge in [-0.25, -0.2) is 4.79 Å². The van der Waals surface area contributed by atoms with Crippen LogP contribution in [-0.2, 0) is 4.79 Å². The number of benzene rings is 1. The van der Waals surface area contributed by atoms with Crippen molar-refractivity contribution >= 4 is 11.7 Å². The average Bonchev–Trinajstić information content (AvgIpc) is 2.48. The van der Waals surface area contributed by atoms with Crippen LogP contribution in [0.5, 0.6) is 5.75 Å². The highest BCUT2D eigenvalue weighted by Crippen LogP contribution is 2.34. The second-order valence-electron chi connectivity index (χ2n) is 5.10. The SMILES string of the molecule is COc1ccc(C#N)c(NC2(C(=O)O)CCCCC2)c1. The molecule has 0 atom stereocenters. The fourth-order valence-corrected chi connectivity index (χ4v) is 2.66. The predicted octanol–water partition coefficient (Wildman–Crippen LogP) is 2.77. The van der Waals surface area contributed by atoms with Crippen LogP contribution in [0.3, 0.4) is 0 Å². The highest BCUT2D eigenvalue weighted by atomic mass is 16.5. The van der Waals surface area contributed by atoms with Crippen molar-refractivity contribution in [3.8, 4) is 11.8 Å². The topological polar surface area (TPSA) is 82.3 Å². The molecule has 0 radical (unpaired) electrons. The third kappa shape index (κ3) is 2.69. The molecule has 1 aliphatic rings. The van der Waals surface area contributed by atoms with Crippen molar-refractivity contribution in [3.05, 3.63) is 23.8 Å². The number of methoxy groups -OCH3 is 1. The number of rotatable bonds is 4. The highest BCUT2D eigenvalue weighted by molar-refractivity contribution is 5.84. The number of nitrogens with zero attached hydrogens (tertiary/aromatic N) is 1. The smallest absolute Gasteiger partial charge is 0.329 e. The Bertz CT molecular complexity index is 543. The summed E-state index contributed by atoms with van der Waals surface area (Å²) >= 11 is 0. The molecule has 0 aliphatic heterocycles. The molecule has 1 aliphatic carbocycles. The largest absolute Gasteiger partial charge is 0.497 e. The monoisotopic (exact) mass is 274 g/mol. The lowest BCUT2D eigenvalue weighted by molar-refractivity contribution is -0.143. The normalized spacial score (nSPS) is 17.0. The van der Waals surface area contributed by atoms with E-state index in [1.807, 2.05) is 0 Å². The number of hydrogen-bond donors (Lipinski definition) is 2. The van der Waals surface area contributed by atoms with Crippen LogP contribution in [0.25, 0.3) is 0 Å². The first-order valence-corrected chi connectivity index (χ1v) is 6.71. The molecule has 1 aromatic carbocycles. The zero-order valence-corrected chi connectivity index (χ0v) is 11.5. The van der Waals surface area contributed by atoms with Gasteiger partial charge in [-0.2, -0.15) is 5.26 Å². The minimum Gasteiger partial charge on any atom is -0.497 e. The summed E-state index contributed by atoms with van der Waals surface area (Å²) in [4.78, 5) is 11.7. The summed E-state index contributed by atoms with van der Waals surface area (Å²) in [6.07, 6.45) is 3.96. The van der Waals surface area contributed by atoms with Gasteiger partial charge in [-0.1, -0.05) is 19.3 Å². The number of ether oxygens (including phenoxy) is 1. The molecule has 0 bridgehead atoms. The van der Waals surface area contributed by atoms with Crippen LogP contribution in [-0.4, -0.2) is 23.7 Å². The van der Waals surface area contributed by atoms with Crippen molar-refractivity contribution in [2.45, 2.75) is 37.6 Å². The molecule has 5 nitrogen and oxygen atoms in total. The summed E-state index contributed by atoms with van der Waals surface area (Å²) in [7, 11) is 1.54. The molecular formula is C15H18N2O3. The van der Waals surface area contributed by atoms with Crippen LogP contribution in [0.1, 0.15) is 37.7 Å². The van der Waals surface area contributed by atoms with Crippen molar-refractivity contribution in [1.82, 2.24) is 0 Å². The van der Waals surface area contributed by atoms with E-state index < -0.39 is 11.5 Å². The number of nitriles is 1. The first-order chi connectivity index (χ1) is 9.61. The number of carboxylic acids is 1. The van der Waals surface area contributed by atoms with Crippen molar-refractivity contribution in [2.75, 3.05) is 12.4 Å². The Balaban J connectivity index is 2.35. The maximum Gasteiger partial charge on any atom is 0.329 e. The third-order valence-corrected chi connectivity index (χ3v) is 3.84. The molecule has 20 heavy (non-hydrogen) atoms. The Labute approximate surface area is 118 Å². The molecule has 0 heterocycles. The average molecular weight is 274 g/mol. The summed E-state index contributed by atoms with van der Waals surface area (Å²) < 4.78 is 5.14. The van der Waals surface area contributed by atoms with Crippen molar-refractivity contribution < 1.29 is 14.6 Å². The van der Waals surface area contributed by atoms with Gasteiger partial charge in [0.05, 0.1) is 18.4 Å². The molecular weight excluding hydrogens is 256 g/mol. The van der Waals surface area contributed by atoms with E-state index in [-0.39, 0.29) is 0 Å². The van der Waals surface area contributed by atoms with Gasteiger partial charge in [-0.3, -0.25) is 0 Å². The Morgan fingerprint density at radius 1 is 1.40 bits per heavy atom. The standard InChI is InChI=1S/C15H18N2O3/c1-20-12-6-5-11(10-16)13(9-12)17-15(14(18)19)7-3-2-4-8-15/h5-6,9,17H,2-4,7-8H2,1H3,(H,18,19). The number of carbonyl (C=O) groups is 1. The van der Waals surface area contributed by atoms with Crippen molar-refractivity contribution in [3.63, 3.8) is 0 Å². The molecule has 0 saturated heterocycles. The lowest BCUT2D eigenvalue weighted by atomic mass is 9.81. The van der Waals surface area contributed by atoms with Crippen LogP contribution >= 0.6 is 0 Å². The van der Waals surface area contributed by atoms with Gasteiger partial charge < -0.3 is 15.2 Å². The molecule has 0 amide bonds. The summed E-state index contributed by atoms with van der Waals surface area (Å²) in [5.41, 5.74) is -0.0240. The van der Waals surface area contributed by atoms with E-state index in [0.29, 0.717) is 29.8 Å². The lowest BCUT2D eigenvalue weighted by Crippen LogP contribution is -2.48. The van der Waals surface area contributed by atoms with Gasteiger partial charge in [-0.15, -0.1) is 0 Å². The van der Waals surface area contributed by atoms with Crippen LogP contribution in [0.2, 0.25) is 0 Å². The van der Waals surface area contributed by atoms with Crippen LogP contribution in [0, 0.1) is 11.3 Å². The van der Waals surface area contributed by atoms with Gasteiger partial charge >= 0.3 is 5.97 Å². The molecule has 1 saturated carbocycles. The van der Waals surface area contributed by atoms with E-state index in [1.54, 1.807) is 25.3 Å². The fraction of sp³-hybridized carbons (Fsp3) is 0.467. The van der Waals surface area contributed by atoms with Gasteiger partial charge in [0, 0.05) is 6.07 Å². The van der Waals surface area contributed by atoms with E-state index in [4.69, 9.17) is 10.00 Å². The van der Waals surface area contributed by atoms with Gasteiger partial charge in [0.2, 0.25) is 0 Å². The Morgan fingerprint density at radius 3 is 2.65 bits per heavy atom. The predicted molar refractivity (Wildman–Crippen MR) is 74.8 cm³/mol. The third-order valence-electron chi connectivity index (χ3n) is 3.84. The molecule has 0 aromatic heterocycles. The first kappa shape index (κ1) is 14.2. The molecule has 5 heteroatoms. The van der Waals surface area contributed by atoms with Gasteiger partial charge in [0.15, 0.2) is 0 Å². The zero-order chi connectivity index (χ0) is 14.6. The first-order valence-electron chi connectivity index (χ1n) is 6.71. The van der Waals surface area contributed by atoms with E-state index in [2.05, 4.69) is 11.4 Å². The van der Waals surface area contributed by atoms with Gasteiger partial charge in [0.1, 0.15) is 17.4 Å². The second-order valence-corrected chi connectivity index (χ2v) is 5.10. The van der Waals surface area contributed by atoms with E-state index in [0.717, 1.165) is 19.3 Å². The van der Waals surface area contributed by atoms with Gasteiger partial charge in [0.25, 0.3) is 0 Å². The molecule has 0 spiro atoms. The maximum atomic E-state index is 11.7. The van der Waals surface area contributed by atoms with Crippen LogP contribution in [0.15, 0.2) is 18.2 Å². The van der Waals surface area contributed by atoms with Crippen LogP contribution in [0.4, 0.5) is 5.69 Å². The number of nitrogens with one attached hydrogen (secondary N) is 1. The Hall–Kier alpha value is -2.22. The second kappa shape index (κ2) is 5.83. The minimum atomic E-state index is -0.976. The number of aliphatic carboxylic acids is 1. The summed E-state index contributed by atoms with van der Waals surface area (Å²) in [6, 6.07) is 7.09. The van der Waals surface area contributed by atoms with Crippen LogP contribution < -0.4 is 10.1 Å². The molecule has 106 valence electrons. The zero-order valence-electron chi connectivity index (χ0n) is 11.5. The van der Waals surface area contributed by atoms with Crippen molar-refractivity contribution in [1.29, 1.82) is 5.26 Å². The minimum absolute atomic E-state index is 0.428. The summed E-state index contributed by atoms with van der Waals surface area (Å²) in [5, 5.41) is 21.8. The number of hydrogen-bond acceptors (Lipinski definition) is 4. The quantitative estimate of drug-likeness (QED) is 0.882. The molecule has 2 rings (SSSR count). The van der Waals surface area contributed by atoms with E-state index in [1.165, 1.54) is 0 Å². The molecule has 2 N–H and O–H groups in total. The molecule has 1 fully saturated rings. The summed E-state index contributed by atoms with van der Waals surface area (Å²) in [5.74, 6) is -0.258.